The quantitative estimate of drug-likeness (QED) is 0.516. The summed E-state index contributed by atoms with van der Waals surface area (Å²) in [5, 5.41) is 9.83. The number of hydrogen-bond acceptors (Lipinski definition) is 4. The number of fused-ring (bicyclic) bond motifs is 1. The number of rotatable bonds is 4. The van der Waals surface area contributed by atoms with Gasteiger partial charge in [0.05, 0.1) is 6.42 Å². The first kappa shape index (κ1) is 13.3. The lowest BCUT2D eigenvalue weighted by molar-refractivity contribution is -0.136. The molecule has 5 heteroatoms. The Balaban J connectivity index is 2.15. The van der Waals surface area contributed by atoms with E-state index < -0.39 is 5.97 Å². The van der Waals surface area contributed by atoms with E-state index in [0.29, 0.717) is 0 Å². The highest BCUT2D eigenvalue weighted by atomic mass is 32.2. The van der Waals surface area contributed by atoms with Crippen LogP contribution in [0.4, 0.5) is 0 Å². The maximum atomic E-state index is 10.7. The molecule has 1 atom stereocenters. The number of carboxylic acids is 1. The smallest absolute Gasteiger partial charge is 0.304 e. The number of thioether (sulfide) groups is 1. The van der Waals surface area contributed by atoms with Gasteiger partial charge in [0, 0.05) is 16.5 Å². The highest BCUT2D eigenvalue weighted by Crippen LogP contribution is 2.30. The molecule has 0 aromatic carbocycles. The van der Waals surface area contributed by atoms with E-state index in [1.54, 1.807) is 18.1 Å². The Bertz CT molecular complexity index is 437. The Hall–Kier alpha value is -1.10. The molecule has 0 amide bonds. The molecular weight excluding hydrogens is 248 g/mol. The molecule has 1 N–H and O–H groups in total. The first-order chi connectivity index (χ1) is 8.66. The van der Waals surface area contributed by atoms with Crippen LogP contribution >= 0.6 is 11.8 Å². The van der Waals surface area contributed by atoms with Crippen molar-refractivity contribution in [3.63, 3.8) is 0 Å². The highest BCUT2D eigenvalue weighted by Gasteiger charge is 2.17. The average molecular weight is 266 g/mol. The molecule has 1 aromatic rings. The lowest BCUT2D eigenvalue weighted by Gasteiger charge is -2.13. The maximum Gasteiger partial charge on any atom is 0.304 e. The number of aliphatic carboxylic acids is 1. The van der Waals surface area contributed by atoms with Crippen LogP contribution in [0.2, 0.25) is 0 Å². The van der Waals surface area contributed by atoms with Crippen LogP contribution in [0.25, 0.3) is 0 Å². The van der Waals surface area contributed by atoms with Crippen molar-refractivity contribution in [3.05, 3.63) is 17.6 Å². The summed E-state index contributed by atoms with van der Waals surface area (Å²) < 4.78 is 0. The van der Waals surface area contributed by atoms with Crippen molar-refractivity contribution in [1.29, 1.82) is 0 Å². The van der Waals surface area contributed by atoms with Crippen LogP contribution in [-0.4, -0.2) is 26.3 Å². The van der Waals surface area contributed by atoms with Gasteiger partial charge in [0.15, 0.2) is 0 Å². The van der Waals surface area contributed by atoms with Crippen LogP contribution in [0, 0.1) is 0 Å². The Labute approximate surface area is 111 Å². The molecule has 98 valence electrons. The fraction of sp³-hybridized carbons (Fsp3) is 0.615. The number of aromatic nitrogens is 2. The zero-order valence-electron chi connectivity index (χ0n) is 10.6. The van der Waals surface area contributed by atoms with Gasteiger partial charge >= 0.3 is 5.97 Å². The van der Waals surface area contributed by atoms with E-state index in [2.05, 4.69) is 9.97 Å². The van der Waals surface area contributed by atoms with Crippen molar-refractivity contribution in [1.82, 2.24) is 9.97 Å². The second kappa shape index (κ2) is 6.18. The van der Waals surface area contributed by atoms with E-state index in [4.69, 9.17) is 5.11 Å². The number of nitrogens with zero attached hydrogens (tertiary/aromatic N) is 2. The minimum Gasteiger partial charge on any atom is -0.481 e. The van der Waals surface area contributed by atoms with Crippen LogP contribution in [-0.2, 0) is 17.6 Å². The summed E-state index contributed by atoms with van der Waals surface area (Å²) >= 11 is 1.56. The highest BCUT2D eigenvalue weighted by molar-refractivity contribution is 7.99. The van der Waals surface area contributed by atoms with Crippen molar-refractivity contribution < 1.29 is 9.90 Å². The van der Waals surface area contributed by atoms with Crippen LogP contribution < -0.4 is 0 Å². The maximum absolute atomic E-state index is 10.7. The van der Waals surface area contributed by atoms with Gasteiger partial charge in [-0.2, -0.15) is 0 Å². The molecule has 0 radical (unpaired) electrons. The first-order valence-corrected chi connectivity index (χ1v) is 7.26. The van der Waals surface area contributed by atoms with Crippen LogP contribution in [0.5, 0.6) is 0 Å². The van der Waals surface area contributed by atoms with E-state index >= 15 is 0 Å². The summed E-state index contributed by atoms with van der Waals surface area (Å²) in [6.07, 6.45) is 7.45. The predicted molar refractivity (Wildman–Crippen MR) is 70.9 cm³/mol. The molecule has 0 saturated carbocycles. The van der Waals surface area contributed by atoms with Crippen molar-refractivity contribution in [2.75, 3.05) is 0 Å². The van der Waals surface area contributed by atoms with Gasteiger partial charge in [0.2, 0.25) is 0 Å². The topological polar surface area (TPSA) is 63.1 Å². The first-order valence-electron chi connectivity index (χ1n) is 6.38. The number of hydrogen-bond donors (Lipinski definition) is 1. The Kier molecular flexibility index (Phi) is 4.58. The van der Waals surface area contributed by atoms with E-state index in [0.717, 1.165) is 23.6 Å². The molecule has 1 aliphatic rings. The normalized spacial score (nSPS) is 16.7. The van der Waals surface area contributed by atoms with Gasteiger partial charge < -0.3 is 5.11 Å². The fourth-order valence-corrected chi connectivity index (χ4v) is 3.32. The third kappa shape index (κ3) is 3.45. The lowest BCUT2D eigenvalue weighted by Crippen LogP contribution is -2.08. The second-order valence-corrected chi connectivity index (χ2v) is 6.12. The summed E-state index contributed by atoms with van der Waals surface area (Å²) in [5.41, 5.74) is 2.41. The SMILES string of the molecule is CC(CC(=O)O)Sc1ncnc2c1CCCCC2. The van der Waals surface area contributed by atoms with Crippen LogP contribution in [0.3, 0.4) is 0 Å². The van der Waals surface area contributed by atoms with Crippen molar-refractivity contribution in [3.8, 4) is 0 Å². The van der Waals surface area contributed by atoms with Gasteiger partial charge in [-0.25, -0.2) is 9.97 Å². The number of aryl methyl sites for hydroxylation is 1. The van der Waals surface area contributed by atoms with Gasteiger partial charge in [-0.05, 0) is 25.7 Å². The predicted octanol–water partition coefficient (Wildman–Crippen LogP) is 2.70. The van der Waals surface area contributed by atoms with Crippen molar-refractivity contribution in [2.24, 2.45) is 0 Å². The molecule has 4 nitrogen and oxygen atoms in total. The van der Waals surface area contributed by atoms with Crippen molar-refractivity contribution >= 4 is 17.7 Å². The average Bonchev–Trinajstić information content (AvgIpc) is 2.53. The minimum atomic E-state index is -0.754. The molecule has 0 aliphatic heterocycles. The van der Waals surface area contributed by atoms with Crippen LogP contribution in [0.15, 0.2) is 11.4 Å². The molecule has 0 spiro atoms. The monoisotopic (exact) mass is 266 g/mol. The summed E-state index contributed by atoms with van der Waals surface area (Å²) in [6, 6.07) is 0. The van der Waals surface area contributed by atoms with Crippen LogP contribution in [0.1, 0.15) is 43.9 Å². The Morgan fingerprint density at radius 2 is 2.17 bits per heavy atom. The van der Waals surface area contributed by atoms with Crippen molar-refractivity contribution in [2.45, 2.75) is 55.7 Å². The summed E-state index contributed by atoms with van der Waals surface area (Å²) in [7, 11) is 0. The summed E-state index contributed by atoms with van der Waals surface area (Å²) in [6.45, 7) is 1.93. The van der Waals surface area contributed by atoms with Gasteiger partial charge in [-0.3, -0.25) is 4.79 Å². The Morgan fingerprint density at radius 1 is 1.39 bits per heavy atom. The molecule has 0 saturated heterocycles. The zero-order valence-corrected chi connectivity index (χ0v) is 11.4. The lowest BCUT2D eigenvalue weighted by atomic mass is 10.1. The number of carbonyl (C=O) groups is 1. The molecule has 0 bridgehead atoms. The zero-order chi connectivity index (χ0) is 13.0. The standard InChI is InChI=1S/C13H18N2O2S/c1-9(7-12(16)17)18-13-10-5-3-2-4-6-11(10)14-8-15-13/h8-9H,2-7H2,1H3,(H,16,17). The van der Waals surface area contributed by atoms with E-state index in [1.807, 2.05) is 6.92 Å². The van der Waals surface area contributed by atoms with Gasteiger partial charge in [-0.15, -0.1) is 11.8 Å². The molecule has 18 heavy (non-hydrogen) atoms. The molecule has 1 heterocycles. The van der Waals surface area contributed by atoms with E-state index in [-0.39, 0.29) is 11.7 Å². The fourth-order valence-electron chi connectivity index (χ4n) is 2.25. The third-order valence-electron chi connectivity index (χ3n) is 3.11. The largest absolute Gasteiger partial charge is 0.481 e. The summed E-state index contributed by atoms with van der Waals surface area (Å²) in [5.74, 6) is -0.754. The van der Waals surface area contributed by atoms with Gasteiger partial charge in [0.25, 0.3) is 0 Å². The molecule has 1 aromatic heterocycles. The second-order valence-electron chi connectivity index (χ2n) is 4.69. The molecular formula is C13H18N2O2S. The molecule has 1 unspecified atom stereocenters. The van der Waals surface area contributed by atoms with E-state index in [1.165, 1.54) is 24.8 Å². The summed E-state index contributed by atoms with van der Waals surface area (Å²) in [4.78, 5) is 19.4. The third-order valence-corrected chi connectivity index (χ3v) is 4.25. The van der Waals surface area contributed by atoms with E-state index in [9.17, 15) is 4.79 Å². The Morgan fingerprint density at radius 3 is 2.94 bits per heavy atom. The van der Waals surface area contributed by atoms with Gasteiger partial charge in [0.1, 0.15) is 11.4 Å². The number of carboxylic acid groups (broad SMARTS) is 1. The molecule has 0 fully saturated rings. The molecule has 2 rings (SSSR count). The minimum absolute atomic E-state index is 0.0461. The van der Waals surface area contributed by atoms with Gasteiger partial charge in [-0.1, -0.05) is 13.3 Å². The molecule has 1 aliphatic carbocycles.